The van der Waals surface area contributed by atoms with Gasteiger partial charge in [-0.1, -0.05) is 12.5 Å². The van der Waals surface area contributed by atoms with Crippen molar-refractivity contribution >= 4 is 27.6 Å². The first-order chi connectivity index (χ1) is 23.6. The molecule has 0 spiro atoms. The zero-order valence-corrected chi connectivity index (χ0v) is 27.3. The van der Waals surface area contributed by atoms with Crippen molar-refractivity contribution in [1.82, 2.24) is 30.0 Å². The summed E-state index contributed by atoms with van der Waals surface area (Å²) in [7, 11) is 0. The highest BCUT2D eigenvalue weighted by molar-refractivity contribution is 6.02. The van der Waals surface area contributed by atoms with Gasteiger partial charge in [-0.3, -0.25) is 10.00 Å². The fourth-order valence-corrected chi connectivity index (χ4v) is 9.18. The Morgan fingerprint density at radius 1 is 1.08 bits per heavy atom. The number of halogens is 1. The molecule has 3 aromatic heterocycles. The topological polar surface area (TPSA) is 111 Å². The van der Waals surface area contributed by atoms with Gasteiger partial charge in [-0.05, 0) is 80.2 Å². The molecule has 0 unspecified atom stereocenters. The fourth-order valence-electron chi connectivity index (χ4n) is 9.18. The molecular formula is C36H40FN7O4. The van der Waals surface area contributed by atoms with Crippen molar-refractivity contribution < 1.29 is 23.3 Å². The Kier molecular flexibility index (Phi) is 6.71. The number of hydrogen-bond acceptors (Lipinski definition) is 10. The van der Waals surface area contributed by atoms with Gasteiger partial charge in [0, 0.05) is 30.6 Å². The molecule has 250 valence electrons. The Morgan fingerprint density at radius 3 is 2.92 bits per heavy atom. The van der Waals surface area contributed by atoms with Gasteiger partial charge in [0.25, 0.3) is 0 Å². The average molecular weight is 654 g/mol. The lowest BCUT2D eigenvalue weighted by Gasteiger charge is -2.31. The second kappa shape index (κ2) is 11.1. The van der Waals surface area contributed by atoms with Crippen molar-refractivity contribution in [2.45, 2.75) is 69.4 Å². The third-order valence-electron chi connectivity index (χ3n) is 11.7. The second-order valence-electron chi connectivity index (χ2n) is 14.6. The quantitative estimate of drug-likeness (QED) is 0.300. The minimum absolute atomic E-state index is 0.0955. The second-order valence-corrected chi connectivity index (χ2v) is 14.6. The van der Waals surface area contributed by atoms with Crippen LogP contribution in [-0.2, 0) is 15.9 Å². The number of benzene rings is 1. The van der Waals surface area contributed by atoms with Gasteiger partial charge in [-0.2, -0.15) is 15.1 Å². The zero-order valence-electron chi connectivity index (χ0n) is 27.3. The summed E-state index contributed by atoms with van der Waals surface area (Å²) in [6.07, 6.45) is 8.83. The number of anilines is 1. The summed E-state index contributed by atoms with van der Waals surface area (Å²) in [5.41, 5.74) is 7.24. The minimum Gasteiger partial charge on any atom is -0.475 e. The maximum atomic E-state index is 17.4. The molecule has 0 saturated carbocycles. The summed E-state index contributed by atoms with van der Waals surface area (Å²) >= 11 is 0. The normalized spacial score (nSPS) is 26.9. The molecule has 4 fully saturated rings. The van der Waals surface area contributed by atoms with Crippen LogP contribution in [0, 0.1) is 5.82 Å². The molecule has 5 aliphatic heterocycles. The molecule has 0 bridgehead atoms. The van der Waals surface area contributed by atoms with E-state index in [9.17, 15) is 0 Å². The molecule has 1 N–H and O–H groups in total. The van der Waals surface area contributed by atoms with E-state index in [-0.39, 0.29) is 34.7 Å². The van der Waals surface area contributed by atoms with E-state index in [1.807, 2.05) is 0 Å². The number of hydrogen-bond donors (Lipinski definition) is 1. The zero-order chi connectivity index (χ0) is 32.0. The van der Waals surface area contributed by atoms with E-state index in [1.165, 1.54) is 16.7 Å². The van der Waals surface area contributed by atoms with Crippen LogP contribution in [-0.4, -0.2) is 101 Å². The standard InChI is InChI=1S/C36H40FN7O4/c1-20-5-2-6-21-11-26-25(13-38-42-26)28(27(20)21)31-30(37)32-29-33(44-9-4-10-45-17-24(44)18-47-34(29)39-31)41-35(40-32)48-19-36-7-3-8-43(36)14-22(12-36)23-15-46-16-23/h11,13,20,24H,2-10,12,14-19H2,1H3,(H,38,42)/t20-,24+,36+/m1/s1. The van der Waals surface area contributed by atoms with E-state index >= 15 is 4.39 Å². The van der Waals surface area contributed by atoms with Crippen molar-refractivity contribution in [3.8, 4) is 23.1 Å². The predicted molar refractivity (Wildman–Crippen MR) is 177 cm³/mol. The van der Waals surface area contributed by atoms with Gasteiger partial charge in [-0.25, -0.2) is 9.37 Å². The van der Waals surface area contributed by atoms with Crippen molar-refractivity contribution in [2.24, 2.45) is 0 Å². The van der Waals surface area contributed by atoms with Crippen LogP contribution in [0.5, 0.6) is 11.9 Å². The number of ether oxygens (including phenoxy) is 4. The molecule has 6 aliphatic rings. The lowest BCUT2D eigenvalue weighted by atomic mass is 9.79. The third-order valence-corrected chi connectivity index (χ3v) is 11.7. The van der Waals surface area contributed by atoms with E-state index in [0.29, 0.717) is 50.1 Å². The maximum absolute atomic E-state index is 17.4. The molecule has 1 aliphatic carbocycles. The van der Waals surface area contributed by atoms with Gasteiger partial charge >= 0.3 is 6.01 Å². The molecule has 8 heterocycles. The van der Waals surface area contributed by atoms with E-state index in [4.69, 9.17) is 33.9 Å². The molecule has 3 atom stereocenters. The van der Waals surface area contributed by atoms with Crippen LogP contribution >= 0.6 is 0 Å². The van der Waals surface area contributed by atoms with Crippen molar-refractivity contribution in [1.29, 1.82) is 0 Å². The van der Waals surface area contributed by atoms with E-state index in [1.54, 1.807) is 6.20 Å². The van der Waals surface area contributed by atoms with Crippen LogP contribution in [0.2, 0.25) is 0 Å². The lowest BCUT2D eigenvalue weighted by molar-refractivity contribution is 0.100. The first-order valence-corrected chi connectivity index (χ1v) is 17.6. The Balaban J connectivity index is 1.14. The number of rotatable bonds is 4. The summed E-state index contributed by atoms with van der Waals surface area (Å²) in [6.45, 7) is 8.37. The highest BCUT2D eigenvalue weighted by Gasteiger charge is 2.48. The molecule has 1 aromatic carbocycles. The summed E-state index contributed by atoms with van der Waals surface area (Å²) < 4.78 is 41.9. The summed E-state index contributed by atoms with van der Waals surface area (Å²) in [6, 6.07) is 2.27. The lowest BCUT2D eigenvalue weighted by Crippen LogP contribution is -2.43. The SMILES string of the molecule is C[C@@H]1CCCc2cc3[nH]ncc3c(-c3nc4c5c(nc(OC[C@@]67CCCN6CC(=C6COC6)C7)nc5c3F)N3CCCOC[C@H]3CO4)c21. The van der Waals surface area contributed by atoms with Gasteiger partial charge in [0.1, 0.15) is 35.6 Å². The molecule has 48 heavy (non-hydrogen) atoms. The Bertz CT molecular complexity index is 1990. The van der Waals surface area contributed by atoms with Crippen LogP contribution < -0.4 is 14.4 Å². The molecule has 4 saturated heterocycles. The number of nitrogens with zero attached hydrogens (tertiary/aromatic N) is 6. The van der Waals surface area contributed by atoms with Gasteiger partial charge in [-0.15, -0.1) is 0 Å². The summed E-state index contributed by atoms with van der Waals surface area (Å²) in [5, 5.41) is 8.83. The molecule has 11 nitrogen and oxygen atoms in total. The molecule has 10 rings (SSSR count). The number of aromatic nitrogens is 5. The molecule has 0 amide bonds. The van der Waals surface area contributed by atoms with Gasteiger partial charge in [0.15, 0.2) is 5.82 Å². The van der Waals surface area contributed by atoms with Crippen molar-refractivity contribution in [2.75, 3.05) is 64.2 Å². The predicted octanol–water partition coefficient (Wildman–Crippen LogP) is 5.08. The number of aryl methyl sites for hydroxylation is 1. The monoisotopic (exact) mass is 653 g/mol. The molecule has 12 heteroatoms. The maximum Gasteiger partial charge on any atom is 0.319 e. The Morgan fingerprint density at radius 2 is 2.02 bits per heavy atom. The van der Waals surface area contributed by atoms with E-state index < -0.39 is 5.82 Å². The van der Waals surface area contributed by atoms with Crippen LogP contribution in [0.4, 0.5) is 10.2 Å². The fraction of sp³-hybridized carbons (Fsp3) is 0.556. The number of H-pyrrole nitrogens is 1. The van der Waals surface area contributed by atoms with E-state index in [2.05, 4.69) is 33.0 Å². The van der Waals surface area contributed by atoms with Crippen LogP contribution in [0.3, 0.4) is 0 Å². The van der Waals surface area contributed by atoms with Gasteiger partial charge < -0.3 is 23.8 Å². The largest absolute Gasteiger partial charge is 0.475 e. The Hall–Kier alpha value is -3.87. The molecule has 4 aromatic rings. The highest BCUT2D eigenvalue weighted by atomic mass is 19.1. The number of nitrogens with one attached hydrogen (secondary N) is 1. The average Bonchev–Trinajstić information content (AvgIpc) is 3.69. The van der Waals surface area contributed by atoms with Crippen molar-refractivity contribution in [3.05, 3.63) is 40.4 Å². The van der Waals surface area contributed by atoms with Crippen molar-refractivity contribution in [3.63, 3.8) is 0 Å². The minimum atomic E-state index is -0.484. The highest BCUT2D eigenvalue weighted by Crippen LogP contribution is 2.47. The van der Waals surface area contributed by atoms with Crippen LogP contribution in [0.25, 0.3) is 33.1 Å². The van der Waals surface area contributed by atoms with E-state index in [0.717, 1.165) is 93.3 Å². The van der Waals surface area contributed by atoms with Gasteiger partial charge in [0.2, 0.25) is 5.88 Å². The van der Waals surface area contributed by atoms with Crippen LogP contribution in [0.1, 0.15) is 62.5 Å². The number of fused-ring (bicyclic) bond motifs is 5. The number of pyridine rings is 1. The van der Waals surface area contributed by atoms with Gasteiger partial charge in [0.05, 0.1) is 43.1 Å². The summed E-state index contributed by atoms with van der Waals surface area (Å²) in [5.74, 6) is 0.724. The first kappa shape index (κ1) is 29.1. The third kappa shape index (κ3) is 4.41. The molecule has 0 radical (unpaired) electrons. The number of aromatic amines is 1. The summed E-state index contributed by atoms with van der Waals surface area (Å²) in [4.78, 5) is 19.6. The molecular weight excluding hydrogens is 613 g/mol. The Labute approximate surface area is 277 Å². The van der Waals surface area contributed by atoms with Crippen LogP contribution in [0.15, 0.2) is 23.4 Å². The smallest absolute Gasteiger partial charge is 0.319 e. The first-order valence-electron chi connectivity index (χ1n) is 17.6.